The van der Waals surface area contributed by atoms with E-state index in [1.165, 1.54) is 19.0 Å². The Morgan fingerprint density at radius 3 is 2.10 bits per heavy atom. The van der Waals surface area contributed by atoms with Gasteiger partial charge in [0, 0.05) is 18.4 Å². The van der Waals surface area contributed by atoms with E-state index in [9.17, 15) is 9.13 Å². The van der Waals surface area contributed by atoms with Crippen LogP contribution < -0.4 is 11.5 Å². The summed E-state index contributed by atoms with van der Waals surface area (Å²) >= 11 is 8.44. The van der Waals surface area contributed by atoms with E-state index in [1.807, 2.05) is 4.57 Å². The molecule has 224 valence electrons. The molecule has 6 heterocycles. The number of ether oxygens (including phenoxy) is 1. The van der Waals surface area contributed by atoms with Gasteiger partial charge in [0.2, 0.25) is 0 Å². The second-order valence-electron chi connectivity index (χ2n) is 10.2. The van der Waals surface area contributed by atoms with Gasteiger partial charge in [0.25, 0.3) is 0 Å². The van der Waals surface area contributed by atoms with Crippen molar-refractivity contribution in [2.45, 2.75) is 37.3 Å². The number of imidazole rings is 2. The highest BCUT2D eigenvalue weighted by atomic mass is 32.7. The molecule has 1 aliphatic carbocycles. The van der Waals surface area contributed by atoms with Crippen LogP contribution >= 0.6 is 38.1 Å². The molecule has 0 aromatic carbocycles. The molecule has 7 rings (SSSR count). The minimum Gasteiger partial charge on any atom is -0.382 e. The number of nitrogens with two attached hydrogens (primary N) is 2. The summed E-state index contributed by atoms with van der Waals surface area (Å²) in [4.78, 5) is 25.1. The third-order valence-corrected chi connectivity index (χ3v) is 11.1. The van der Waals surface area contributed by atoms with Crippen LogP contribution in [0.3, 0.4) is 0 Å². The van der Waals surface area contributed by atoms with E-state index in [0.717, 1.165) is 0 Å². The first-order valence-electron chi connectivity index (χ1n) is 12.9. The Morgan fingerprint density at radius 2 is 1.38 bits per heavy atom. The number of thiol groups is 2. The normalized spacial score (nSPS) is 36.0. The highest BCUT2D eigenvalue weighted by molar-refractivity contribution is 8.44. The largest absolute Gasteiger partial charge is 0.386 e. The monoisotopic (exact) mass is 656 g/mol. The molecule has 4 aromatic rings. The van der Waals surface area contributed by atoms with Gasteiger partial charge in [0.05, 0.1) is 32.5 Å². The van der Waals surface area contributed by atoms with Gasteiger partial charge >= 0.3 is 13.6 Å². The van der Waals surface area contributed by atoms with Crippen molar-refractivity contribution in [2.75, 3.05) is 31.3 Å². The summed E-state index contributed by atoms with van der Waals surface area (Å²) in [6.45, 7) is -7.89. The van der Waals surface area contributed by atoms with Crippen molar-refractivity contribution in [2.24, 2.45) is 11.8 Å². The number of anilines is 2. The molecule has 8 atom stereocenters. The van der Waals surface area contributed by atoms with Crippen LogP contribution in [0.5, 0.6) is 0 Å². The zero-order valence-electron chi connectivity index (χ0n) is 21.7. The van der Waals surface area contributed by atoms with Crippen molar-refractivity contribution in [1.82, 2.24) is 39.0 Å². The van der Waals surface area contributed by atoms with E-state index in [1.54, 1.807) is 10.9 Å². The molecule has 42 heavy (non-hydrogen) atoms. The van der Waals surface area contributed by atoms with Crippen LogP contribution in [0.2, 0.25) is 0 Å². The lowest BCUT2D eigenvalue weighted by Gasteiger charge is -2.45. The first kappa shape index (κ1) is 28.4. The van der Waals surface area contributed by atoms with Gasteiger partial charge in [-0.2, -0.15) is 0 Å². The summed E-state index contributed by atoms with van der Waals surface area (Å²) in [5.74, 6) is 0.103. The second-order valence-corrected chi connectivity index (χ2v) is 16.0. The van der Waals surface area contributed by atoms with Gasteiger partial charge in [-0.15, -0.1) is 0 Å². The Morgan fingerprint density at radius 1 is 0.762 bits per heavy atom. The zero-order chi connectivity index (χ0) is 29.2. The van der Waals surface area contributed by atoms with Crippen molar-refractivity contribution in [1.29, 1.82) is 0 Å². The molecule has 4 N–H and O–H groups in total. The number of nitrogen functional groups attached to an aromatic ring is 2. The topological polar surface area (TPSA) is 220 Å². The van der Waals surface area contributed by atoms with E-state index in [2.05, 4.69) is 54.4 Å². The van der Waals surface area contributed by atoms with Crippen molar-refractivity contribution >= 4 is 72.1 Å². The minimum atomic E-state index is -3.87. The molecule has 2 saturated heterocycles. The summed E-state index contributed by atoms with van der Waals surface area (Å²) < 4.78 is 59.3. The molecule has 2 aliphatic heterocycles. The summed E-state index contributed by atoms with van der Waals surface area (Å²) in [5.41, 5.74) is 13.8. The fourth-order valence-electron chi connectivity index (χ4n) is 5.64. The first-order chi connectivity index (χ1) is 20.1. The van der Waals surface area contributed by atoms with Gasteiger partial charge in [0.1, 0.15) is 42.1 Å². The number of rotatable bonds is 2. The quantitative estimate of drug-likeness (QED) is 0.180. The summed E-state index contributed by atoms with van der Waals surface area (Å²) in [5, 5.41) is 0. The van der Waals surface area contributed by atoms with E-state index in [0.29, 0.717) is 28.7 Å². The lowest BCUT2D eigenvalue weighted by Crippen LogP contribution is -2.43. The van der Waals surface area contributed by atoms with E-state index in [4.69, 9.17) is 34.3 Å². The van der Waals surface area contributed by atoms with Crippen LogP contribution in [0, 0.1) is 11.8 Å². The second kappa shape index (κ2) is 10.7. The predicted octanol–water partition coefficient (Wildman–Crippen LogP) is 2.82. The van der Waals surface area contributed by atoms with E-state index >= 15 is 0 Å². The molecule has 21 heteroatoms. The minimum absolute atomic E-state index is 0.0111. The fraction of sp³-hybridized carbons (Fsp3) is 0.524. The Labute approximate surface area is 248 Å². The van der Waals surface area contributed by atoms with Crippen LogP contribution in [-0.4, -0.2) is 71.1 Å². The van der Waals surface area contributed by atoms with Crippen LogP contribution in [-0.2, 0) is 32.0 Å². The Hall–Kier alpha value is -2.34. The number of hydrogen-bond acceptors (Lipinski definition) is 15. The average molecular weight is 657 g/mol. The van der Waals surface area contributed by atoms with Crippen molar-refractivity contribution in [3.63, 3.8) is 0 Å². The number of aromatic nitrogens is 8. The Bertz CT molecular complexity index is 1680. The maximum atomic E-state index is 13.4. The maximum Gasteiger partial charge on any atom is 0.386 e. The molecule has 3 fully saturated rings. The lowest BCUT2D eigenvalue weighted by molar-refractivity contribution is -0.0365. The molecule has 4 aromatic heterocycles. The Balaban J connectivity index is 1.12. The number of nitrogens with zero attached hydrogens (tertiary/aromatic N) is 8. The van der Waals surface area contributed by atoms with Gasteiger partial charge in [-0.1, -0.05) is 24.5 Å². The molecule has 0 bridgehead atoms. The highest BCUT2D eigenvalue weighted by Gasteiger charge is 2.47. The standard InChI is InChI=1S/C21H26N10O7P2S2/c22-18-16-20(26-6-24-18)30(8-28-16)12-1-10-3-34-40(33,42)38-13-2-15(31-9-29-17-19(23)25-7-27-21(17)31)37-14(13)5-36-39(32,41)35-4-11(10)12/h6-15H,1-5H2,(H,32,41)(H,33,42)(H2,22,24,26)(H2,23,25,27)/t10-,11-,12-,13+,14-,15-,39-,40+/m1/s1. The van der Waals surface area contributed by atoms with Crippen molar-refractivity contribution < 1.29 is 32.0 Å². The predicted molar refractivity (Wildman–Crippen MR) is 155 cm³/mol. The molecular formula is C21H26N10O7P2S2. The van der Waals surface area contributed by atoms with Gasteiger partial charge in [-0.3, -0.25) is 13.6 Å². The molecule has 0 unspecified atom stereocenters. The highest BCUT2D eigenvalue weighted by Crippen LogP contribution is 2.60. The Kier molecular flexibility index (Phi) is 7.23. The van der Waals surface area contributed by atoms with E-state index < -0.39 is 32.0 Å². The average Bonchev–Trinajstić information content (AvgIpc) is 3.64. The van der Waals surface area contributed by atoms with Crippen molar-refractivity contribution in [3.8, 4) is 0 Å². The van der Waals surface area contributed by atoms with Crippen LogP contribution in [0.4, 0.5) is 11.6 Å². The molecule has 0 amide bonds. The smallest absolute Gasteiger partial charge is 0.382 e. The SMILES string of the molecule is Nc1ncnc2c1ncn2[C@@H]1C[C@@H]2CO[P@](=O)(S)O[C@H]3C[C@H](n4cnc5c(N)ncnc54)O[C@@H]3CO[P@](=O)(S)OC[C@H]21. The van der Waals surface area contributed by atoms with Crippen LogP contribution in [0.25, 0.3) is 22.3 Å². The third-order valence-electron chi connectivity index (χ3n) is 7.82. The van der Waals surface area contributed by atoms with Gasteiger partial charge in [-0.25, -0.2) is 39.0 Å². The molecule has 17 nitrogen and oxygen atoms in total. The third kappa shape index (κ3) is 5.20. The van der Waals surface area contributed by atoms with Gasteiger partial charge in [0.15, 0.2) is 22.9 Å². The number of hydrogen-bond donors (Lipinski definition) is 4. The van der Waals surface area contributed by atoms with Crippen molar-refractivity contribution in [3.05, 3.63) is 25.3 Å². The summed E-state index contributed by atoms with van der Waals surface area (Å²) in [6.07, 6.45) is 4.35. The first-order valence-corrected chi connectivity index (χ1v) is 18.3. The lowest BCUT2D eigenvalue weighted by atomic mass is 9.70. The molecule has 1 saturated carbocycles. The zero-order valence-corrected chi connectivity index (χ0v) is 25.3. The molecule has 0 radical (unpaired) electrons. The summed E-state index contributed by atoms with van der Waals surface area (Å²) in [7, 11) is 0. The summed E-state index contributed by atoms with van der Waals surface area (Å²) in [6, 6.07) is -0.150. The maximum absolute atomic E-state index is 13.4. The fourth-order valence-corrected chi connectivity index (χ4v) is 8.38. The van der Waals surface area contributed by atoms with Gasteiger partial charge < -0.3 is 29.8 Å². The molecular weight excluding hydrogens is 630 g/mol. The van der Waals surface area contributed by atoms with Crippen LogP contribution in [0.1, 0.15) is 25.1 Å². The van der Waals surface area contributed by atoms with E-state index in [-0.39, 0.29) is 55.8 Å². The van der Waals surface area contributed by atoms with Gasteiger partial charge in [-0.05, 0) is 12.3 Å². The van der Waals surface area contributed by atoms with Crippen LogP contribution in [0.15, 0.2) is 25.3 Å². The number of fused-ring (bicyclic) bond motifs is 4. The molecule has 0 spiro atoms. The molecule has 3 aliphatic rings.